The first kappa shape index (κ1) is 32.4. The lowest BCUT2D eigenvalue weighted by atomic mass is 9.77. The number of rotatable bonds is 11. The van der Waals surface area contributed by atoms with Crippen molar-refractivity contribution in [2.24, 2.45) is 0 Å². The molecule has 0 unspecified atom stereocenters. The lowest BCUT2D eigenvalue weighted by Crippen LogP contribution is -2.73. The van der Waals surface area contributed by atoms with E-state index in [0.29, 0.717) is 64.0 Å². The van der Waals surface area contributed by atoms with Gasteiger partial charge in [-0.05, 0) is 62.3 Å². The Bertz CT molecular complexity index is 1400. The fourth-order valence-corrected chi connectivity index (χ4v) is 8.28. The highest BCUT2D eigenvalue weighted by atomic mass is 32.2. The molecule has 2 heterocycles. The van der Waals surface area contributed by atoms with Crippen LogP contribution in [0.15, 0.2) is 48.5 Å². The van der Waals surface area contributed by atoms with Crippen molar-refractivity contribution >= 4 is 27.5 Å². The van der Waals surface area contributed by atoms with E-state index in [1.165, 1.54) is 0 Å². The number of amides is 2. The van der Waals surface area contributed by atoms with Crippen LogP contribution in [0.5, 0.6) is 0 Å². The maximum absolute atomic E-state index is 13.8. The lowest BCUT2D eigenvalue weighted by Gasteiger charge is -2.52. The van der Waals surface area contributed by atoms with Crippen molar-refractivity contribution in [3.05, 3.63) is 65.2 Å². The van der Waals surface area contributed by atoms with Crippen molar-refractivity contribution in [1.82, 2.24) is 15.1 Å². The molecule has 9 nitrogen and oxygen atoms in total. The van der Waals surface area contributed by atoms with Gasteiger partial charge in [0, 0.05) is 38.3 Å². The molecule has 2 saturated heterocycles. The van der Waals surface area contributed by atoms with E-state index in [4.69, 9.17) is 0 Å². The molecule has 0 bridgehead atoms. The number of hydrogen-bond donors (Lipinski definition) is 3. The van der Waals surface area contributed by atoms with Gasteiger partial charge in [-0.2, -0.15) is 0 Å². The molecule has 3 N–H and O–H groups in total. The van der Waals surface area contributed by atoms with Crippen LogP contribution in [0.4, 0.5) is 5.69 Å². The summed E-state index contributed by atoms with van der Waals surface area (Å²) in [5, 5.41) is 14.2. The quantitative estimate of drug-likeness (QED) is 0.339. The molecular weight excluding hydrogens is 576 g/mol. The van der Waals surface area contributed by atoms with Crippen molar-refractivity contribution in [2.45, 2.75) is 108 Å². The average molecular weight is 625 g/mol. The normalized spacial score (nSPS) is 22.2. The summed E-state index contributed by atoms with van der Waals surface area (Å²) in [7, 11) is -3.54. The maximum Gasteiger partial charge on any atom is 0.246 e. The van der Waals surface area contributed by atoms with Gasteiger partial charge in [0.15, 0.2) is 0 Å². The highest BCUT2D eigenvalue weighted by molar-refractivity contribution is 7.91. The van der Waals surface area contributed by atoms with E-state index >= 15 is 0 Å². The van der Waals surface area contributed by atoms with Crippen molar-refractivity contribution in [3.63, 3.8) is 0 Å². The predicted octanol–water partition coefficient (Wildman–Crippen LogP) is 4.48. The molecular formula is C34H48N4O5S. The SMILES string of the molecule is CCCCN1C(=O)[C@@H](CC2(O)CCCCC2)NC(=O)C12CCN(Cc1ccc(NS(=O)(=O)Cc3ccc(C)cc3)cc1)CC2. The first-order valence-corrected chi connectivity index (χ1v) is 17.9. The van der Waals surface area contributed by atoms with Gasteiger partial charge in [-0.3, -0.25) is 19.2 Å². The number of piperazine rings is 1. The summed E-state index contributed by atoms with van der Waals surface area (Å²) in [6.07, 6.45) is 7.55. The van der Waals surface area contributed by atoms with Crippen LogP contribution in [-0.4, -0.2) is 72.0 Å². The number of unbranched alkanes of at least 4 members (excludes halogenated alkanes) is 1. The second-order valence-electron chi connectivity index (χ2n) is 13.2. The van der Waals surface area contributed by atoms with Crippen LogP contribution in [-0.2, 0) is 31.9 Å². The zero-order valence-electron chi connectivity index (χ0n) is 26.2. The van der Waals surface area contributed by atoms with Crippen LogP contribution >= 0.6 is 0 Å². The molecule has 3 aliphatic rings. The van der Waals surface area contributed by atoms with E-state index in [9.17, 15) is 23.1 Å². The molecule has 2 aromatic rings. The van der Waals surface area contributed by atoms with Crippen LogP contribution in [0, 0.1) is 6.92 Å². The molecule has 1 spiro atoms. The zero-order chi connectivity index (χ0) is 31.4. The molecule has 3 fully saturated rings. The van der Waals surface area contributed by atoms with E-state index in [1.807, 2.05) is 48.2 Å². The molecule has 5 rings (SSSR count). The number of nitrogens with zero attached hydrogens (tertiary/aromatic N) is 2. The van der Waals surface area contributed by atoms with E-state index in [2.05, 4.69) is 21.9 Å². The van der Waals surface area contributed by atoms with E-state index in [-0.39, 0.29) is 17.6 Å². The van der Waals surface area contributed by atoms with Crippen LogP contribution in [0.2, 0.25) is 0 Å². The topological polar surface area (TPSA) is 119 Å². The van der Waals surface area contributed by atoms with Crippen LogP contribution in [0.1, 0.15) is 87.8 Å². The molecule has 44 heavy (non-hydrogen) atoms. The second-order valence-corrected chi connectivity index (χ2v) is 14.9. The third kappa shape index (κ3) is 7.64. The fraction of sp³-hybridized carbons (Fsp3) is 0.588. The molecule has 1 saturated carbocycles. The number of hydrogen-bond acceptors (Lipinski definition) is 6. The van der Waals surface area contributed by atoms with Crippen molar-refractivity contribution in [1.29, 1.82) is 0 Å². The number of aliphatic hydroxyl groups is 1. The van der Waals surface area contributed by atoms with Crippen molar-refractivity contribution < 1.29 is 23.1 Å². The van der Waals surface area contributed by atoms with Gasteiger partial charge in [0.2, 0.25) is 21.8 Å². The van der Waals surface area contributed by atoms with Crippen LogP contribution in [0.25, 0.3) is 0 Å². The summed E-state index contributed by atoms with van der Waals surface area (Å²) in [6.45, 7) is 6.62. The van der Waals surface area contributed by atoms with E-state index in [0.717, 1.165) is 48.8 Å². The van der Waals surface area contributed by atoms with Crippen molar-refractivity contribution in [3.8, 4) is 0 Å². The summed E-state index contributed by atoms with van der Waals surface area (Å²) in [4.78, 5) is 31.7. The minimum Gasteiger partial charge on any atom is -0.390 e. The molecule has 10 heteroatoms. The number of carbonyl (C=O) groups excluding carboxylic acids is 2. The standard InChI is InChI=1S/C34H48N4O5S/c1-3-4-20-38-31(39)30(23-33(41)16-6-5-7-17-33)35-32(40)34(38)18-21-37(22-19-34)24-27-12-14-29(15-13-27)36-44(42,43)25-28-10-8-26(2)9-11-28/h8-15,30,36,41H,3-7,16-25H2,1-2H3,(H,35,40)/t30-/m1/s1. The lowest BCUT2D eigenvalue weighted by molar-refractivity contribution is -0.163. The number of anilines is 1. The van der Waals surface area contributed by atoms with Crippen LogP contribution in [0.3, 0.4) is 0 Å². The number of likely N-dealkylation sites (tertiary alicyclic amines) is 1. The third-order valence-electron chi connectivity index (χ3n) is 9.71. The van der Waals surface area contributed by atoms with Gasteiger partial charge in [-0.15, -0.1) is 0 Å². The number of sulfonamides is 1. The van der Waals surface area contributed by atoms with Gasteiger partial charge in [-0.1, -0.05) is 74.6 Å². The summed E-state index contributed by atoms with van der Waals surface area (Å²) >= 11 is 0. The third-order valence-corrected chi connectivity index (χ3v) is 11.0. The van der Waals surface area contributed by atoms with Gasteiger partial charge in [0.25, 0.3) is 0 Å². The minimum absolute atomic E-state index is 0.0501. The Morgan fingerprint density at radius 1 is 0.932 bits per heavy atom. The van der Waals surface area contributed by atoms with Gasteiger partial charge in [0.05, 0.1) is 11.4 Å². The number of nitrogens with one attached hydrogen (secondary N) is 2. The Kier molecular flexibility index (Phi) is 10.0. The number of aryl methyl sites for hydroxylation is 1. The number of piperidine rings is 1. The zero-order valence-corrected chi connectivity index (χ0v) is 27.0. The van der Waals surface area contributed by atoms with E-state index < -0.39 is 27.2 Å². The Balaban J connectivity index is 1.18. The number of benzene rings is 2. The monoisotopic (exact) mass is 624 g/mol. The van der Waals surface area contributed by atoms with Gasteiger partial charge < -0.3 is 15.3 Å². The van der Waals surface area contributed by atoms with Gasteiger partial charge in [0.1, 0.15) is 11.6 Å². The molecule has 0 radical (unpaired) electrons. The van der Waals surface area contributed by atoms with Gasteiger partial charge in [-0.25, -0.2) is 8.42 Å². The van der Waals surface area contributed by atoms with Crippen molar-refractivity contribution in [2.75, 3.05) is 24.4 Å². The fourth-order valence-electron chi connectivity index (χ4n) is 7.08. The molecule has 1 atom stereocenters. The molecule has 2 amide bonds. The van der Waals surface area contributed by atoms with E-state index in [1.54, 1.807) is 12.1 Å². The number of carbonyl (C=O) groups is 2. The molecule has 1 aliphatic carbocycles. The highest BCUT2D eigenvalue weighted by Crippen LogP contribution is 2.37. The highest BCUT2D eigenvalue weighted by Gasteiger charge is 2.54. The molecule has 2 aromatic carbocycles. The molecule has 240 valence electrons. The predicted molar refractivity (Wildman–Crippen MR) is 172 cm³/mol. The molecule has 0 aromatic heterocycles. The summed E-state index contributed by atoms with van der Waals surface area (Å²) in [5.74, 6) is -0.220. The van der Waals surface area contributed by atoms with Crippen LogP contribution < -0.4 is 10.0 Å². The second kappa shape index (κ2) is 13.6. The molecule has 2 aliphatic heterocycles. The smallest absolute Gasteiger partial charge is 0.246 e. The van der Waals surface area contributed by atoms with Gasteiger partial charge >= 0.3 is 0 Å². The summed E-state index contributed by atoms with van der Waals surface area (Å²) in [5.41, 5.74) is 1.66. The summed E-state index contributed by atoms with van der Waals surface area (Å²) < 4.78 is 28.1. The first-order valence-electron chi connectivity index (χ1n) is 16.2. The maximum atomic E-state index is 13.8. The Hall–Kier alpha value is -2.95. The summed E-state index contributed by atoms with van der Waals surface area (Å²) in [6, 6.07) is 14.2. The average Bonchev–Trinajstić information content (AvgIpc) is 2.99. The first-order chi connectivity index (χ1) is 21.0. The Morgan fingerprint density at radius 3 is 2.20 bits per heavy atom. The largest absolute Gasteiger partial charge is 0.390 e. The Labute approximate surface area is 262 Å². The Morgan fingerprint density at radius 2 is 1.57 bits per heavy atom. The minimum atomic E-state index is -3.54.